The van der Waals surface area contributed by atoms with E-state index in [1.807, 2.05) is 30.6 Å². The molecule has 5 aromatic rings. The van der Waals surface area contributed by atoms with Crippen molar-refractivity contribution >= 4 is 51.7 Å². The van der Waals surface area contributed by atoms with Crippen molar-refractivity contribution in [2.24, 2.45) is 5.41 Å². The second-order valence-electron chi connectivity index (χ2n) is 9.54. The van der Waals surface area contributed by atoms with E-state index in [1.54, 1.807) is 11.8 Å². The normalized spacial score (nSPS) is 17.3. The number of fused-ring (bicyclic) bond motifs is 1. The SMILES string of the molecule is Nc1cccc(Sc2ccc3nc(N4CCC5(CC4)Cc4ccncc4C5)c4cnc2n34)c1Cl. The Kier molecular flexibility index (Phi) is 4.48. The number of anilines is 2. The summed E-state index contributed by atoms with van der Waals surface area (Å²) in [6, 6.07) is 12.1. The number of hydrogen-bond acceptors (Lipinski definition) is 6. The molecule has 2 N–H and O–H groups in total. The summed E-state index contributed by atoms with van der Waals surface area (Å²) in [4.78, 5) is 18.5. The van der Waals surface area contributed by atoms with Crippen molar-refractivity contribution in [3.8, 4) is 0 Å². The van der Waals surface area contributed by atoms with Crippen LogP contribution in [0.25, 0.3) is 16.8 Å². The summed E-state index contributed by atoms with van der Waals surface area (Å²) < 4.78 is 2.17. The van der Waals surface area contributed by atoms with Gasteiger partial charge in [-0.3, -0.25) is 9.38 Å². The number of pyridine rings is 2. The van der Waals surface area contributed by atoms with E-state index >= 15 is 0 Å². The zero-order valence-corrected chi connectivity index (χ0v) is 20.1. The number of nitrogen functional groups attached to an aromatic ring is 1. The fourth-order valence-corrected chi connectivity index (χ4v) is 6.91. The maximum absolute atomic E-state index is 6.44. The number of nitrogens with two attached hydrogens (primary N) is 1. The zero-order valence-electron chi connectivity index (χ0n) is 18.5. The van der Waals surface area contributed by atoms with Gasteiger partial charge in [0.2, 0.25) is 0 Å². The molecule has 1 aliphatic heterocycles. The number of hydrogen-bond donors (Lipinski definition) is 1. The Hall–Kier alpha value is -3.03. The molecule has 1 spiro atoms. The van der Waals surface area contributed by atoms with Crippen molar-refractivity contribution in [2.45, 2.75) is 35.5 Å². The van der Waals surface area contributed by atoms with Gasteiger partial charge < -0.3 is 10.6 Å². The molecule has 0 radical (unpaired) electrons. The molecular weight excluding hydrogens is 464 g/mol. The molecule has 1 fully saturated rings. The van der Waals surface area contributed by atoms with Gasteiger partial charge in [-0.2, -0.15) is 0 Å². The molecule has 0 atom stereocenters. The number of aromatic nitrogens is 4. The standard InChI is InChI=1S/C26H23ClN6S/c27-23-18(28)2-1-3-20(23)34-21-4-5-22-31-24(19-15-30-25(21)33(19)22)32-10-7-26(8-11-32)12-16-6-9-29-14-17(16)13-26/h1-6,9,14-15H,7-8,10-13,28H2. The van der Waals surface area contributed by atoms with Crippen molar-refractivity contribution < 1.29 is 0 Å². The topological polar surface area (TPSA) is 72.3 Å². The van der Waals surface area contributed by atoms with Crippen molar-refractivity contribution in [3.05, 3.63) is 71.1 Å². The van der Waals surface area contributed by atoms with E-state index in [9.17, 15) is 0 Å². The van der Waals surface area contributed by atoms with Gasteiger partial charge in [-0.25, -0.2) is 9.97 Å². The quantitative estimate of drug-likeness (QED) is 0.340. The van der Waals surface area contributed by atoms with Crippen LogP contribution in [0, 0.1) is 5.41 Å². The smallest absolute Gasteiger partial charge is 0.157 e. The van der Waals surface area contributed by atoms with Gasteiger partial charge in [-0.05, 0) is 72.6 Å². The van der Waals surface area contributed by atoms with Crippen LogP contribution in [0.2, 0.25) is 5.02 Å². The molecule has 34 heavy (non-hydrogen) atoms. The number of halogens is 1. The molecule has 1 aromatic carbocycles. The molecule has 0 bridgehead atoms. The number of imidazole rings is 2. The van der Waals surface area contributed by atoms with Crippen molar-refractivity contribution in [3.63, 3.8) is 0 Å². The lowest BCUT2D eigenvalue weighted by Crippen LogP contribution is -2.40. The van der Waals surface area contributed by atoms with Gasteiger partial charge in [0.05, 0.1) is 21.8 Å². The first-order valence-electron chi connectivity index (χ1n) is 11.6. The third kappa shape index (κ3) is 3.07. The maximum Gasteiger partial charge on any atom is 0.157 e. The molecule has 0 unspecified atom stereocenters. The Labute approximate surface area is 206 Å². The van der Waals surface area contributed by atoms with Gasteiger partial charge in [0, 0.05) is 30.4 Å². The lowest BCUT2D eigenvalue weighted by Gasteiger charge is -2.39. The van der Waals surface area contributed by atoms with Crippen LogP contribution in [-0.2, 0) is 12.8 Å². The van der Waals surface area contributed by atoms with Crippen LogP contribution < -0.4 is 10.6 Å². The van der Waals surface area contributed by atoms with Crippen LogP contribution in [0.1, 0.15) is 24.0 Å². The van der Waals surface area contributed by atoms with Gasteiger partial charge in [0.15, 0.2) is 11.5 Å². The minimum atomic E-state index is 0.376. The first-order chi connectivity index (χ1) is 16.6. The molecule has 1 saturated heterocycles. The van der Waals surface area contributed by atoms with Crippen LogP contribution in [0.4, 0.5) is 11.5 Å². The summed E-state index contributed by atoms with van der Waals surface area (Å²) in [5.41, 5.74) is 12.8. The highest BCUT2D eigenvalue weighted by Crippen LogP contribution is 2.46. The molecule has 0 amide bonds. The maximum atomic E-state index is 6.44. The second kappa shape index (κ2) is 7.48. The van der Waals surface area contributed by atoms with E-state index in [4.69, 9.17) is 27.3 Å². The number of piperidine rings is 1. The van der Waals surface area contributed by atoms with Crippen LogP contribution >= 0.6 is 23.4 Å². The molecular formula is C26H23ClN6S. The summed E-state index contributed by atoms with van der Waals surface area (Å²) >= 11 is 8.03. The third-order valence-corrected chi connectivity index (χ3v) is 9.15. The zero-order chi connectivity index (χ0) is 22.9. The first-order valence-corrected chi connectivity index (χ1v) is 12.8. The minimum absolute atomic E-state index is 0.376. The summed E-state index contributed by atoms with van der Waals surface area (Å²) in [7, 11) is 0. The van der Waals surface area contributed by atoms with E-state index in [0.29, 0.717) is 16.1 Å². The second-order valence-corrected chi connectivity index (χ2v) is 11.0. The van der Waals surface area contributed by atoms with Gasteiger partial charge >= 0.3 is 0 Å². The van der Waals surface area contributed by atoms with Crippen LogP contribution in [0.5, 0.6) is 0 Å². The van der Waals surface area contributed by atoms with Gasteiger partial charge in [-0.1, -0.05) is 29.4 Å². The Morgan fingerprint density at radius 1 is 0.971 bits per heavy atom. The number of nitrogens with zero attached hydrogens (tertiary/aromatic N) is 5. The van der Waals surface area contributed by atoms with E-state index < -0.39 is 0 Å². The fourth-order valence-electron chi connectivity index (χ4n) is 5.71. The Balaban J connectivity index is 1.17. The number of rotatable bonds is 3. The number of benzene rings is 1. The first kappa shape index (κ1) is 20.4. The third-order valence-electron chi connectivity index (χ3n) is 7.52. The Morgan fingerprint density at radius 2 is 1.82 bits per heavy atom. The van der Waals surface area contributed by atoms with E-state index in [-0.39, 0.29) is 0 Å². The minimum Gasteiger partial charge on any atom is -0.397 e. The van der Waals surface area contributed by atoms with Crippen molar-refractivity contribution in [1.29, 1.82) is 0 Å². The molecule has 1 aliphatic carbocycles. The molecule has 5 heterocycles. The van der Waals surface area contributed by atoms with Crippen LogP contribution in [0.3, 0.4) is 0 Å². The van der Waals surface area contributed by atoms with Gasteiger partial charge in [-0.15, -0.1) is 0 Å². The monoisotopic (exact) mass is 486 g/mol. The van der Waals surface area contributed by atoms with E-state index in [1.165, 1.54) is 30.4 Å². The van der Waals surface area contributed by atoms with Crippen molar-refractivity contribution in [1.82, 2.24) is 19.4 Å². The molecule has 2 aliphatic rings. The average molecular weight is 487 g/mol. The molecule has 8 heteroatoms. The summed E-state index contributed by atoms with van der Waals surface area (Å²) in [5.74, 6) is 1.04. The van der Waals surface area contributed by atoms with E-state index in [0.717, 1.165) is 51.9 Å². The Morgan fingerprint density at radius 3 is 2.68 bits per heavy atom. The molecule has 170 valence electrons. The predicted octanol–water partition coefficient (Wildman–Crippen LogP) is 5.49. The van der Waals surface area contributed by atoms with Gasteiger partial charge in [0.1, 0.15) is 11.2 Å². The van der Waals surface area contributed by atoms with Crippen LogP contribution in [0.15, 0.2) is 64.8 Å². The average Bonchev–Trinajstić information content (AvgIpc) is 3.54. The molecule has 7 rings (SSSR count). The highest BCUT2D eigenvalue weighted by molar-refractivity contribution is 7.99. The fraction of sp³-hybridized carbons (Fsp3) is 0.269. The summed E-state index contributed by atoms with van der Waals surface area (Å²) in [5, 5.41) is 0.584. The summed E-state index contributed by atoms with van der Waals surface area (Å²) in [6.07, 6.45) is 10.6. The Bertz CT molecular complexity index is 1510. The highest BCUT2D eigenvalue weighted by atomic mass is 35.5. The molecule has 0 saturated carbocycles. The lowest BCUT2D eigenvalue weighted by atomic mass is 9.76. The lowest BCUT2D eigenvalue weighted by molar-refractivity contribution is 0.232. The van der Waals surface area contributed by atoms with Gasteiger partial charge in [0.25, 0.3) is 0 Å². The molecule has 6 nitrogen and oxygen atoms in total. The summed E-state index contributed by atoms with van der Waals surface area (Å²) in [6.45, 7) is 2.03. The molecule has 4 aromatic heterocycles. The van der Waals surface area contributed by atoms with E-state index in [2.05, 4.69) is 38.7 Å². The predicted molar refractivity (Wildman–Crippen MR) is 137 cm³/mol. The highest BCUT2D eigenvalue weighted by Gasteiger charge is 2.40. The largest absolute Gasteiger partial charge is 0.397 e. The van der Waals surface area contributed by atoms with Crippen molar-refractivity contribution in [2.75, 3.05) is 23.7 Å². The van der Waals surface area contributed by atoms with Crippen LogP contribution in [-0.4, -0.2) is 32.4 Å².